The summed E-state index contributed by atoms with van der Waals surface area (Å²) < 4.78 is 29.3. The summed E-state index contributed by atoms with van der Waals surface area (Å²) in [5, 5.41) is 13.3. The third kappa shape index (κ3) is 3.39. The number of nitrogens with zero attached hydrogens (tertiary/aromatic N) is 2. The molecular weight excluding hydrogens is 300 g/mol. The summed E-state index contributed by atoms with van der Waals surface area (Å²) >= 11 is 0. The second-order valence-corrected chi connectivity index (χ2v) is 5.34. The van der Waals surface area contributed by atoms with Gasteiger partial charge in [-0.3, -0.25) is 4.98 Å². The smallest absolute Gasteiger partial charge is 0.387 e. The van der Waals surface area contributed by atoms with Crippen LogP contribution in [-0.2, 0) is 0 Å². The van der Waals surface area contributed by atoms with Crippen molar-refractivity contribution in [3.8, 4) is 11.8 Å². The number of benzene rings is 1. The molecule has 3 rings (SSSR count). The molecule has 0 amide bonds. The predicted octanol–water partition coefficient (Wildman–Crippen LogP) is 4.23. The SMILES string of the molecule is N#Cc1cnc2ccc(OC(F)F)cc2c1NC1CC=CCC1. The van der Waals surface area contributed by atoms with Crippen molar-refractivity contribution in [3.05, 3.63) is 42.1 Å². The second kappa shape index (κ2) is 6.61. The molecule has 1 atom stereocenters. The highest BCUT2D eigenvalue weighted by molar-refractivity contribution is 5.95. The maximum absolute atomic E-state index is 12.4. The summed E-state index contributed by atoms with van der Waals surface area (Å²) in [7, 11) is 0. The molecule has 23 heavy (non-hydrogen) atoms. The predicted molar refractivity (Wildman–Crippen MR) is 83.5 cm³/mol. The number of hydrogen-bond donors (Lipinski definition) is 1. The standard InChI is InChI=1S/C17H15F2N3O/c18-17(19)23-13-6-7-15-14(8-13)16(11(9-20)10-21-15)22-12-4-2-1-3-5-12/h1-2,6-8,10,12,17H,3-5H2,(H,21,22). The highest BCUT2D eigenvalue weighted by atomic mass is 19.3. The Morgan fingerprint density at radius 1 is 1.35 bits per heavy atom. The molecule has 0 radical (unpaired) electrons. The van der Waals surface area contributed by atoms with Gasteiger partial charge in [0.15, 0.2) is 0 Å². The zero-order valence-corrected chi connectivity index (χ0v) is 12.3. The van der Waals surface area contributed by atoms with Gasteiger partial charge >= 0.3 is 6.61 Å². The Morgan fingerprint density at radius 3 is 2.91 bits per heavy atom. The fourth-order valence-corrected chi connectivity index (χ4v) is 2.72. The van der Waals surface area contributed by atoms with Crippen LogP contribution in [0, 0.1) is 11.3 Å². The second-order valence-electron chi connectivity index (χ2n) is 5.34. The molecule has 0 saturated heterocycles. The van der Waals surface area contributed by atoms with Crippen LogP contribution in [0.1, 0.15) is 24.8 Å². The lowest BCUT2D eigenvalue weighted by Gasteiger charge is -2.22. The van der Waals surface area contributed by atoms with E-state index in [2.05, 4.69) is 33.3 Å². The third-order valence-electron chi connectivity index (χ3n) is 3.80. The first kappa shape index (κ1) is 15.2. The summed E-state index contributed by atoms with van der Waals surface area (Å²) in [6.45, 7) is -2.89. The Bertz CT molecular complexity index is 783. The molecule has 1 aromatic carbocycles. The zero-order chi connectivity index (χ0) is 16.2. The molecule has 1 aliphatic carbocycles. The molecule has 0 bridgehead atoms. The van der Waals surface area contributed by atoms with E-state index in [9.17, 15) is 14.0 Å². The van der Waals surface area contributed by atoms with Gasteiger partial charge in [-0.1, -0.05) is 12.2 Å². The van der Waals surface area contributed by atoms with Gasteiger partial charge in [-0.2, -0.15) is 14.0 Å². The Balaban J connectivity index is 2.04. The first-order chi connectivity index (χ1) is 11.2. The quantitative estimate of drug-likeness (QED) is 0.858. The molecule has 118 valence electrons. The van der Waals surface area contributed by atoms with E-state index < -0.39 is 6.61 Å². The monoisotopic (exact) mass is 315 g/mol. The Labute approximate surface area is 132 Å². The maximum atomic E-state index is 12.4. The molecule has 1 unspecified atom stereocenters. The van der Waals surface area contributed by atoms with Crippen molar-refractivity contribution in [2.24, 2.45) is 0 Å². The topological polar surface area (TPSA) is 57.9 Å². The van der Waals surface area contributed by atoms with Crippen LogP contribution in [-0.4, -0.2) is 17.6 Å². The van der Waals surface area contributed by atoms with E-state index >= 15 is 0 Å². The number of ether oxygens (including phenoxy) is 1. The van der Waals surface area contributed by atoms with Gasteiger partial charge in [0.25, 0.3) is 0 Å². The number of fused-ring (bicyclic) bond motifs is 1. The molecular formula is C17H15F2N3O. The largest absolute Gasteiger partial charge is 0.435 e. The highest BCUT2D eigenvalue weighted by Crippen LogP contribution is 2.31. The summed E-state index contributed by atoms with van der Waals surface area (Å²) in [5.74, 6) is 0.0518. The number of rotatable bonds is 4. The number of aromatic nitrogens is 1. The van der Waals surface area contributed by atoms with Crippen molar-refractivity contribution >= 4 is 16.6 Å². The number of alkyl halides is 2. The molecule has 0 fully saturated rings. The van der Waals surface area contributed by atoms with E-state index in [4.69, 9.17) is 0 Å². The molecule has 1 aliphatic rings. The van der Waals surface area contributed by atoms with Gasteiger partial charge in [-0.05, 0) is 37.5 Å². The van der Waals surface area contributed by atoms with Gasteiger partial charge in [0.05, 0.1) is 16.8 Å². The first-order valence-electron chi connectivity index (χ1n) is 7.36. The van der Waals surface area contributed by atoms with E-state index in [0.29, 0.717) is 22.2 Å². The molecule has 4 nitrogen and oxygen atoms in total. The van der Waals surface area contributed by atoms with Crippen molar-refractivity contribution in [2.45, 2.75) is 31.9 Å². The van der Waals surface area contributed by atoms with Crippen molar-refractivity contribution in [1.82, 2.24) is 4.98 Å². The number of halogens is 2. The summed E-state index contributed by atoms with van der Waals surface area (Å²) in [5.41, 5.74) is 1.64. The van der Waals surface area contributed by atoms with Gasteiger partial charge < -0.3 is 10.1 Å². The molecule has 1 heterocycles. The Kier molecular flexibility index (Phi) is 4.38. The fourth-order valence-electron chi connectivity index (χ4n) is 2.72. The van der Waals surface area contributed by atoms with Crippen molar-refractivity contribution < 1.29 is 13.5 Å². The van der Waals surface area contributed by atoms with Gasteiger partial charge in [0.1, 0.15) is 11.8 Å². The number of pyridine rings is 1. The maximum Gasteiger partial charge on any atom is 0.387 e. The molecule has 0 spiro atoms. The molecule has 2 aromatic rings. The third-order valence-corrected chi connectivity index (χ3v) is 3.80. The van der Waals surface area contributed by atoms with Crippen LogP contribution in [0.4, 0.5) is 14.5 Å². The minimum absolute atomic E-state index is 0.0518. The van der Waals surface area contributed by atoms with E-state index in [-0.39, 0.29) is 11.8 Å². The van der Waals surface area contributed by atoms with Crippen molar-refractivity contribution in [1.29, 1.82) is 5.26 Å². The fraction of sp³-hybridized carbons (Fsp3) is 0.294. The normalized spacial score (nSPS) is 17.2. The van der Waals surface area contributed by atoms with E-state index in [1.54, 1.807) is 6.07 Å². The average Bonchev–Trinajstić information content (AvgIpc) is 2.56. The molecule has 1 aromatic heterocycles. The van der Waals surface area contributed by atoms with Gasteiger partial charge in [-0.15, -0.1) is 0 Å². The van der Waals surface area contributed by atoms with E-state index in [0.717, 1.165) is 19.3 Å². The summed E-state index contributed by atoms with van der Waals surface area (Å²) in [6.07, 6.45) is 8.52. The lowest BCUT2D eigenvalue weighted by Crippen LogP contribution is -2.21. The molecule has 1 N–H and O–H groups in total. The summed E-state index contributed by atoms with van der Waals surface area (Å²) in [4.78, 5) is 4.21. The van der Waals surface area contributed by atoms with Crippen LogP contribution < -0.4 is 10.1 Å². The average molecular weight is 315 g/mol. The van der Waals surface area contributed by atoms with Gasteiger partial charge in [0, 0.05) is 17.6 Å². The minimum atomic E-state index is -2.89. The van der Waals surface area contributed by atoms with Crippen LogP contribution in [0.3, 0.4) is 0 Å². The molecule has 0 aliphatic heterocycles. The van der Waals surface area contributed by atoms with Crippen LogP contribution in [0.5, 0.6) is 5.75 Å². The van der Waals surface area contributed by atoms with Crippen LogP contribution in [0.2, 0.25) is 0 Å². The number of anilines is 1. The highest BCUT2D eigenvalue weighted by Gasteiger charge is 2.16. The zero-order valence-electron chi connectivity index (χ0n) is 12.3. The van der Waals surface area contributed by atoms with Crippen LogP contribution in [0.15, 0.2) is 36.5 Å². The van der Waals surface area contributed by atoms with Crippen molar-refractivity contribution in [2.75, 3.05) is 5.32 Å². The number of nitriles is 1. The van der Waals surface area contributed by atoms with Gasteiger partial charge in [-0.25, -0.2) is 0 Å². The van der Waals surface area contributed by atoms with Crippen LogP contribution in [0.25, 0.3) is 10.9 Å². The number of allylic oxidation sites excluding steroid dienone is 1. The Morgan fingerprint density at radius 2 is 2.22 bits per heavy atom. The lowest BCUT2D eigenvalue weighted by atomic mass is 10.0. The number of hydrogen-bond acceptors (Lipinski definition) is 4. The first-order valence-corrected chi connectivity index (χ1v) is 7.36. The minimum Gasteiger partial charge on any atom is -0.435 e. The van der Waals surface area contributed by atoms with E-state index in [1.807, 2.05) is 0 Å². The van der Waals surface area contributed by atoms with Gasteiger partial charge in [0.2, 0.25) is 0 Å². The molecule has 0 saturated carbocycles. The Hall–Kier alpha value is -2.68. The number of nitrogens with one attached hydrogen (secondary N) is 1. The molecule has 6 heteroatoms. The van der Waals surface area contributed by atoms with Crippen LogP contribution >= 0.6 is 0 Å². The summed E-state index contributed by atoms with van der Waals surface area (Å²) in [6, 6.07) is 6.86. The van der Waals surface area contributed by atoms with E-state index in [1.165, 1.54) is 18.3 Å². The van der Waals surface area contributed by atoms with Crippen molar-refractivity contribution in [3.63, 3.8) is 0 Å². The lowest BCUT2D eigenvalue weighted by molar-refractivity contribution is -0.0497.